The molecule has 0 aromatic heterocycles. The van der Waals surface area contributed by atoms with Crippen LogP contribution in [0, 0.1) is 0 Å². The summed E-state index contributed by atoms with van der Waals surface area (Å²) in [6.07, 6.45) is 67.4. The molecule has 0 spiro atoms. The average Bonchev–Trinajstić information content (AvgIpc) is 3.30. The first-order chi connectivity index (χ1) is 32.0. The van der Waals surface area contributed by atoms with Gasteiger partial charge >= 0.3 is 17.9 Å². The molecule has 1 atom stereocenters. The number of ether oxygens (including phenoxy) is 3. The van der Waals surface area contributed by atoms with Gasteiger partial charge in [-0.05, 0) is 89.9 Å². The lowest BCUT2D eigenvalue weighted by atomic mass is 10.0. The van der Waals surface area contributed by atoms with Crippen molar-refractivity contribution in [2.75, 3.05) is 13.2 Å². The van der Waals surface area contributed by atoms with Crippen LogP contribution >= 0.6 is 0 Å². The molecule has 0 rings (SSSR count). The van der Waals surface area contributed by atoms with Crippen molar-refractivity contribution in [2.24, 2.45) is 0 Å². The zero-order valence-corrected chi connectivity index (χ0v) is 42.7. The summed E-state index contributed by atoms with van der Waals surface area (Å²) in [6, 6.07) is 0. The first kappa shape index (κ1) is 61.9. The van der Waals surface area contributed by atoms with Gasteiger partial charge in [0, 0.05) is 19.3 Å². The van der Waals surface area contributed by atoms with Crippen molar-refractivity contribution in [3.05, 3.63) is 72.9 Å². The largest absolute Gasteiger partial charge is 0.462 e. The highest BCUT2D eigenvalue weighted by molar-refractivity contribution is 5.71. The molecule has 0 aromatic rings. The predicted molar refractivity (Wildman–Crippen MR) is 279 cm³/mol. The minimum Gasteiger partial charge on any atom is -0.462 e. The monoisotopic (exact) mass is 907 g/mol. The number of hydrogen-bond acceptors (Lipinski definition) is 6. The van der Waals surface area contributed by atoms with Crippen LogP contribution < -0.4 is 0 Å². The fourth-order valence-electron chi connectivity index (χ4n) is 7.58. The van der Waals surface area contributed by atoms with Crippen molar-refractivity contribution >= 4 is 17.9 Å². The fourth-order valence-corrected chi connectivity index (χ4v) is 7.58. The van der Waals surface area contributed by atoms with E-state index < -0.39 is 6.10 Å². The third-order valence-corrected chi connectivity index (χ3v) is 11.7. The molecule has 0 aliphatic rings. The van der Waals surface area contributed by atoms with Crippen LogP contribution in [0.25, 0.3) is 0 Å². The van der Waals surface area contributed by atoms with Gasteiger partial charge in [-0.1, -0.05) is 229 Å². The molecular weight excluding hydrogens is 805 g/mol. The molecule has 6 nitrogen and oxygen atoms in total. The Morgan fingerprint density at radius 3 is 0.969 bits per heavy atom. The maximum absolute atomic E-state index is 12.8. The van der Waals surface area contributed by atoms with Gasteiger partial charge in [-0.15, -0.1) is 0 Å². The van der Waals surface area contributed by atoms with Gasteiger partial charge in [0.2, 0.25) is 0 Å². The molecule has 0 bridgehead atoms. The summed E-state index contributed by atoms with van der Waals surface area (Å²) >= 11 is 0. The molecular formula is C59H102O6. The Bertz CT molecular complexity index is 1230. The zero-order valence-electron chi connectivity index (χ0n) is 42.7. The number of allylic oxidation sites excluding steroid dienone is 12. The second-order valence-corrected chi connectivity index (χ2v) is 18.1. The molecule has 0 aliphatic carbocycles. The summed E-state index contributed by atoms with van der Waals surface area (Å²) in [5.74, 6) is -0.924. The molecule has 374 valence electrons. The van der Waals surface area contributed by atoms with E-state index in [2.05, 4.69) is 93.7 Å². The van der Waals surface area contributed by atoms with Crippen LogP contribution in [0.4, 0.5) is 0 Å². The van der Waals surface area contributed by atoms with Crippen molar-refractivity contribution in [2.45, 2.75) is 271 Å². The summed E-state index contributed by atoms with van der Waals surface area (Å²) in [6.45, 7) is 6.50. The van der Waals surface area contributed by atoms with Crippen molar-refractivity contribution in [3.8, 4) is 0 Å². The van der Waals surface area contributed by atoms with E-state index in [9.17, 15) is 14.4 Å². The lowest BCUT2D eigenvalue weighted by molar-refractivity contribution is -0.167. The van der Waals surface area contributed by atoms with Crippen molar-refractivity contribution in [1.29, 1.82) is 0 Å². The van der Waals surface area contributed by atoms with Crippen LogP contribution in [0.1, 0.15) is 265 Å². The SMILES string of the molecule is CC/C=C\C/C=C\C/C=C\C/C=C\C/C=C\CCCCCC(=O)OC[C@@H](COC(=O)CCCCCCCCCCCCCC)OC(=O)CCCCCCC/C=C\CCCCCCCCC. The van der Waals surface area contributed by atoms with E-state index >= 15 is 0 Å². The van der Waals surface area contributed by atoms with Gasteiger partial charge in [0.25, 0.3) is 0 Å². The van der Waals surface area contributed by atoms with Gasteiger partial charge in [-0.3, -0.25) is 14.4 Å². The molecule has 0 saturated carbocycles. The Labute approximate surface area is 402 Å². The van der Waals surface area contributed by atoms with Crippen LogP contribution in [0.3, 0.4) is 0 Å². The molecule has 0 saturated heterocycles. The van der Waals surface area contributed by atoms with Gasteiger partial charge in [0.05, 0.1) is 0 Å². The maximum atomic E-state index is 12.8. The molecule has 0 radical (unpaired) electrons. The minimum atomic E-state index is -0.791. The predicted octanol–water partition coefficient (Wildman–Crippen LogP) is 18.2. The van der Waals surface area contributed by atoms with E-state index in [1.54, 1.807) is 0 Å². The van der Waals surface area contributed by atoms with Gasteiger partial charge in [0.1, 0.15) is 13.2 Å². The number of carbonyl (C=O) groups is 3. The summed E-state index contributed by atoms with van der Waals surface area (Å²) < 4.78 is 16.8. The number of unbranched alkanes of at least 4 members (excludes halogenated alkanes) is 26. The van der Waals surface area contributed by atoms with E-state index in [1.807, 2.05) is 0 Å². The van der Waals surface area contributed by atoms with E-state index in [4.69, 9.17) is 14.2 Å². The lowest BCUT2D eigenvalue weighted by Gasteiger charge is -2.18. The molecule has 6 heteroatoms. The van der Waals surface area contributed by atoms with E-state index in [1.165, 1.54) is 116 Å². The summed E-state index contributed by atoms with van der Waals surface area (Å²) in [4.78, 5) is 38.0. The van der Waals surface area contributed by atoms with Crippen LogP contribution in [-0.2, 0) is 28.6 Å². The van der Waals surface area contributed by atoms with E-state index in [0.717, 1.165) is 109 Å². The molecule has 0 fully saturated rings. The van der Waals surface area contributed by atoms with Gasteiger partial charge in [-0.2, -0.15) is 0 Å². The molecule has 0 heterocycles. The third-order valence-electron chi connectivity index (χ3n) is 11.7. The second-order valence-electron chi connectivity index (χ2n) is 18.1. The Balaban J connectivity index is 4.43. The summed E-state index contributed by atoms with van der Waals surface area (Å²) in [5, 5.41) is 0. The number of hydrogen-bond donors (Lipinski definition) is 0. The topological polar surface area (TPSA) is 78.9 Å². The first-order valence-electron chi connectivity index (χ1n) is 27.4. The minimum absolute atomic E-state index is 0.0875. The highest BCUT2D eigenvalue weighted by atomic mass is 16.6. The molecule has 0 aromatic carbocycles. The first-order valence-corrected chi connectivity index (χ1v) is 27.4. The Kier molecular flexibility index (Phi) is 50.9. The van der Waals surface area contributed by atoms with Gasteiger partial charge in [0.15, 0.2) is 6.10 Å². The number of carbonyl (C=O) groups excluding carboxylic acids is 3. The van der Waals surface area contributed by atoms with Crippen molar-refractivity contribution in [3.63, 3.8) is 0 Å². The second kappa shape index (κ2) is 53.5. The standard InChI is InChI=1S/C59H102O6/c1-4-7-10-13-16-19-22-25-27-29-30-31-33-34-37-40-43-46-49-52-58(61)64-55-56(54-63-57(60)51-48-45-42-39-36-24-21-18-15-12-9-6-3)65-59(62)53-50-47-44-41-38-35-32-28-26-23-20-17-14-11-8-5-2/h7,10,16,19,25,27-28,30-32,34,37,56H,4-6,8-9,11-15,17-18,20-24,26,29,33,35-36,38-55H2,1-3H3/b10-7-,19-16-,27-25-,31-30-,32-28-,37-34-/t56-/m1/s1. The Hall–Kier alpha value is -3.15. The smallest absolute Gasteiger partial charge is 0.306 e. The maximum Gasteiger partial charge on any atom is 0.306 e. The summed E-state index contributed by atoms with van der Waals surface area (Å²) in [5.41, 5.74) is 0. The quantitative estimate of drug-likeness (QED) is 0.0262. The summed E-state index contributed by atoms with van der Waals surface area (Å²) in [7, 11) is 0. The Morgan fingerprint density at radius 1 is 0.323 bits per heavy atom. The molecule has 65 heavy (non-hydrogen) atoms. The van der Waals surface area contributed by atoms with Crippen molar-refractivity contribution < 1.29 is 28.6 Å². The Morgan fingerprint density at radius 2 is 0.600 bits per heavy atom. The van der Waals surface area contributed by atoms with Crippen LogP contribution in [0.15, 0.2) is 72.9 Å². The van der Waals surface area contributed by atoms with Gasteiger partial charge in [-0.25, -0.2) is 0 Å². The zero-order chi connectivity index (χ0) is 47.2. The molecule has 0 aliphatic heterocycles. The lowest BCUT2D eigenvalue weighted by Crippen LogP contribution is -2.30. The van der Waals surface area contributed by atoms with Crippen LogP contribution in [-0.4, -0.2) is 37.2 Å². The normalized spacial score (nSPS) is 12.6. The van der Waals surface area contributed by atoms with Gasteiger partial charge < -0.3 is 14.2 Å². The highest BCUT2D eigenvalue weighted by Gasteiger charge is 2.19. The third kappa shape index (κ3) is 51.7. The number of esters is 3. The highest BCUT2D eigenvalue weighted by Crippen LogP contribution is 2.15. The van der Waals surface area contributed by atoms with E-state index in [-0.39, 0.29) is 31.1 Å². The van der Waals surface area contributed by atoms with Crippen LogP contribution in [0.2, 0.25) is 0 Å². The molecule has 0 unspecified atom stereocenters. The molecule has 0 amide bonds. The average molecular weight is 907 g/mol. The van der Waals surface area contributed by atoms with Crippen molar-refractivity contribution in [1.82, 2.24) is 0 Å². The fraction of sp³-hybridized carbons (Fsp3) is 0.746. The van der Waals surface area contributed by atoms with E-state index in [0.29, 0.717) is 19.3 Å². The number of rotatable bonds is 49. The molecule has 0 N–H and O–H groups in total. The van der Waals surface area contributed by atoms with Crippen LogP contribution in [0.5, 0.6) is 0 Å².